The van der Waals surface area contributed by atoms with Gasteiger partial charge in [0, 0.05) is 19.0 Å². The van der Waals surface area contributed by atoms with E-state index in [0.29, 0.717) is 47.0 Å². The van der Waals surface area contributed by atoms with Crippen LogP contribution in [0.25, 0.3) is 0 Å². The van der Waals surface area contributed by atoms with E-state index in [1.165, 1.54) is 7.11 Å². The zero-order valence-electron chi connectivity index (χ0n) is 14.6. The fraction of sp³-hybridized carbons (Fsp3) is 0.350. The number of benzene rings is 2. The van der Waals surface area contributed by atoms with Gasteiger partial charge in [0.25, 0.3) is 5.91 Å². The average Bonchev–Trinajstić information content (AvgIpc) is 2.67. The van der Waals surface area contributed by atoms with E-state index in [1.807, 2.05) is 35.2 Å². The third-order valence-electron chi connectivity index (χ3n) is 4.51. The minimum Gasteiger partial charge on any atom is -0.495 e. The maximum atomic E-state index is 12.9. The van der Waals surface area contributed by atoms with Crippen molar-refractivity contribution in [1.82, 2.24) is 4.90 Å². The third-order valence-corrected chi connectivity index (χ3v) is 5.12. The lowest BCUT2D eigenvalue weighted by molar-refractivity contribution is 0.0633. The van der Waals surface area contributed by atoms with Gasteiger partial charge in [0.15, 0.2) is 0 Å². The van der Waals surface area contributed by atoms with Crippen LogP contribution in [0.3, 0.4) is 0 Å². The molecule has 1 atom stereocenters. The number of hydrogen-bond donors (Lipinski definition) is 0. The van der Waals surface area contributed by atoms with Gasteiger partial charge in [-0.2, -0.15) is 0 Å². The Morgan fingerprint density at radius 1 is 1.19 bits per heavy atom. The van der Waals surface area contributed by atoms with Crippen molar-refractivity contribution in [2.45, 2.75) is 12.8 Å². The molecule has 0 bridgehead atoms. The number of ether oxygens (including phenoxy) is 2. The first kappa shape index (κ1) is 18.9. The number of hydrogen-bond acceptors (Lipinski definition) is 3. The summed E-state index contributed by atoms with van der Waals surface area (Å²) in [5.41, 5.74) is 0.414. The summed E-state index contributed by atoms with van der Waals surface area (Å²) < 4.78 is 11.1. The molecule has 0 N–H and O–H groups in total. The molecule has 138 valence electrons. The SMILES string of the molecule is COc1cc(C(=O)N2CCCC(COc3ccccc3)C2)c(Cl)cc1Cl. The standard InChI is InChI=1S/C20H21Cl2NO3/c1-25-19-10-16(17(21)11-18(19)22)20(24)23-9-5-6-14(12-23)13-26-15-7-3-2-4-8-15/h2-4,7-8,10-11,14H,5-6,9,12-13H2,1H3. The van der Waals surface area contributed by atoms with Gasteiger partial charge in [-0.15, -0.1) is 0 Å². The maximum Gasteiger partial charge on any atom is 0.255 e. The lowest BCUT2D eigenvalue weighted by Gasteiger charge is -2.33. The maximum absolute atomic E-state index is 12.9. The molecule has 26 heavy (non-hydrogen) atoms. The Balaban J connectivity index is 1.66. The molecule has 1 aliphatic rings. The van der Waals surface area contributed by atoms with Crippen LogP contribution in [0.2, 0.25) is 10.0 Å². The molecule has 1 amide bonds. The number of amides is 1. The summed E-state index contributed by atoms with van der Waals surface area (Å²) in [6.45, 7) is 1.94. The van der Waals surface area contributed by atoms with Gasteiger partial charge in [-0.1, -0.05) is 41.4 Å². The minimum atomic E-state index is -0.102. The van der Waals surface area contributed by atoms with Gasteiger partial charge in [0.05, 0.1) is 29.3 Å². The molecule has 1 unspecified atom stereocenters. The zero-order valence-corrected chi connectivity index (χ0v) is 16.1. The van der Waals surface area contributed by atoms with Gasteiger partial charge in [0.1, 0.15) is 11.5 Å². The Bertz CT molecular complexity index is 767. The number of likely N-dealkylation sites (tertiary alicyclic amines) is 1. The van der Waals surface area contributed by atoms with Crippen LogP contribution >= 0.6 is 23.2 Å². The van der Waals surface area contributed by atoms with Crippen molar-refractivity contribution in [3.05, 3.63) is 58.1 Å². The lowest BCUT2D eigenvalue weighted by atomic mass is 9.98. The summed E-state index contributed by atoms with van der Waals surface area (Å²) in [4.78, 5) is 14.8. The number of methoxy groups -OCH3 is 1. The van der Waals surface area contributed by atoms with Crippen molar-refractivity contribution in [3.8, 4) is 11.5 Å². The van der Waals surface area contributed by atoms with E-state index in [4.69, 9.17) is 32.7 Å². The van der Waals surface area contributed by atoms with E-state index < -0.39 is 0 Å². The van der Waals surface area contributed by atoms with Crippen LogP contribution in [-0.2, 0) is 0 Å². The summed E-state index contributed by atoms with van der Waals surface area (Å²) in [6.07, 6.45) is 1.98. The molecule has 1 aliphatic heterocycles. The first-order valence-corrected chi connectivity index (χ1v) is 9.34. The molecule has 2 aromatic rings. The molecule has 3 rings (SSSR count). The van der Waals surface area contributed by atoms with Crippen LogP contribution in [0, 0.1) is 5.92 Å². The highest BCUT2D eigenvalue weighted by Crippen LogP contribution is 2.32. The Morgan fingerprint density at radius 2 is 1.96 bits per heavy atom. The van der Waals surface area contributed by atoms with Crippen LogP contribution in [0.4, 0.5) is 0 Å². The van der Waals surface area contributed by atoms with Crippen molar-refractivity contribution >= 4 is 29.1 Å². The number of carbonyl (C=O) groups excluding carboxylic acids is 1. The normalized spacial score (nSPS) is 17.0. The highest BCUT2D eigenvalue weighted by Gasteiger charge is 2.27. The number of carbonyl (C=O) groups is 1. The molecule has 6 heteroatoms. The molecule has 0 aromatic heterocycles. The molecule has 4 nitrogen and oxygen atoms in total. The number of halogens is 2. The van der Waals surface area contributed by atoms with Crippen molar-refractivity contribution in [2.24, 2.45) is 5.92 Å². The summed E-state index contributed by atoms with van der Waals surface area (Å²) in [5, 5.41) is 0.727. The molecule has 2 aromatic carbocycles. The number of nitrogens with zero attached hydrogens (tertiary/aromatic N) is 1. The number of para-hydroxylation sites is 1. The van der Waals surface area contributed by atoms with Gasteiger partial charge < -0.3 is 14.4 Å². The fourth-order valence-electron chi connectivity index (χ4n) is 3.14. The van der Waals surface area contributed by atoms with E-state index in [-0.39, 0.29) is 5.91 Å². The number of rotatable bonds is 5. The largest absolute Gasteiger partial charge is 0.495 e. The summed E-state index contributed by atoms with van der Waals surface area (Å²) in [6, 6.07) is 12.9. The summed E-state index contributed by atoms with van der Waals surface area (Å²) in [5.74, 6) is 1.48. The fourth-order valence-corrected chi connectivity index (χ4v) is 3.68. The first-order chi connectivity index (χ1) is 12.6. The second-order valence-corrected chi connectivity index (χ2v) is 7.16. The van der Waals surface area contributed by atoms with Crippen molar-refractivity contribution in [1.29, 1.82) is 0 Å². The van der Waals surface area contributed by atoms with E-state index in [2.05, 4.69) is 0 Å². The molecule has 0 aliphatic carbocycles. The molecule has 1 fully saturated rings. The van der Waals surface area contributed by atoms with E-state index in [1.54, 1.807) is 12.1 Å². The van der Waals surface area contributed by atoms with E-state index in [0.717, 1.165) is 18.6 Å². The molecule has 0 radical (unpaired) electrons. The van der Waals surface area contributed by atoms with Crippen LogP contribution < -0.4 is 9.47 Å². The Hall–Kier alpha value is -1.91. The van der Waals surface area contributed by atoms with Gasteiger partial charge in [-0.25, -0.2) is 0 Å². The average molecular weight is 394 g/mol. The van der Waals surface area contributed by atoms with Crippen molar-refractivity contribution in [3.63, 3.8) is 0 Å². The highest BCUT2D eigenvalue weighted by atomic mass is 35.5. The minimum absolute atomic E-state index is 0.102. The van der Waals surface area contributed by atoms with Crippen molar-refractivity contribution in [2.75, 3.05) is 26.8 Å². The van der Waals surface area contributed by atoms with Crippen LogP contribution in [0.5, 0.6) is 11.5 Å². The van der Waals surface area contributed by atoms with E-state index in [9.17, 15) is 4.79 Å². The first-order valence-electron chi connectivity index (χ1n) is 8.58. The predicted molar refractivity (Wildman–Crippen MR) is 104 cm³/mol. The predicted octanol–water partition coefficient (Wildman–Crippen LogP) is 4.93. The molecular weight excluding hydrogens is 373 g/mol. The lowest BCUT2D eigenvalue weighted by Crippen LogP contribution is -2.41. The topological polar surface area (TPSA) is 38.8 Å². The molecule has 0 saturated carbocycles. The van der Waals surface area contributed by atoms with E-state index >= 15 is 0 Å². The van der Waals surface area contributed by atoms with Crippen molar-refractivity contribution < 1.29 is 14.3 Å². The highest BCUT2D eigenvalue weighted by molar-refractivity contribution is 6.37. The Labute approximate surface area is 163 Å². The zero-order chi connectivity index (χ0) is 18.5. The van der Waals surface area contributed by atoms with Gasteiger partial charge in [0.2, 0.25) is 0 Å². The molecular formula is C20H21Cl2NO3. The van der Waals surface area contributed by atoms with Gasteiger partial charge in [-0.3, -0.25) is 4.79 Å². The monoisotopic (exact) mass is 393 g/mol. The Morgan fingerprint density at radius 3 is 2.69 bits per heavy atom. The smallest absolute Gasteiger partial charge is 0.255 e. The van der Waals surface area contributed by atoms with Crippen LogP contribution in [0.15, 0.2) is 42.5 Å². The third kappa shape index (κ3) is 4.43. The Kier molecular flexibility index (Phi) is 6.28. The second-order valence-electron chi connectivity index (χ2n) is 6.35. The van der Waals surface area contributed by atoms with Gasteiger partial charge in [-0.05, 0) is 37.1 Å². The van der Waals surface area contributed by atoms with Crippen LogP contribution in [-0.4, -0.2) is 37.6 Å². The molecule has 1 heterocycles. The molecule has 1 saturated heterocycles. The summed E-state index contributed by atoms with van der Waals surface area (Å²) >= 11 is 12.3. The summed E-state index contributed by atoms with van der Waals surface area (Å²) in [7, 11) is 1.52. The van der Waals surface area contributed by atoms with Crippen LogP contribution in [0.1, 0.15) is 23.2 Å². The number of piperidine rings is 1. The van der Waals surface area contributed by atoms with Gasteiger partial charge >= 0.3 is 0 Å². The quantitative estimate of drug-likeness (QED) is 0.722. The molecule has 0 spiro atoms. The second kappa shape index (κ2) is 8.65.